The molecule has 1 aliphatic rings. The van der Waals surface area contributed by atoms with Gasteiger partial charge in [0.2, 0.25) is 11.7 Å². The summed E-state index contributed by atoms with van der Waals surface area (Å²) in [5.41, 5.74) is 1.20. The Labute approximate surface area is 215 Å². The lowest BCUT2D eigenvalue weighted by Gasteiger charge is -2.29. The topological polar surface area (TPSA) is 121 Å². The molecule has 1 fully saturated rings. The number of amides is 2. The van der Waals surface area contributed by atoms with Gasteiger partial charge in [-0.1, -0.05) is 18.9 Å². The molecule has 196 valence electrons. The van der Waals surface area contributed by atoms with Crippen LogP contribution in [0.1, 0.15) is 32.6 Å². The van der Waals surface area contributed by atoms with Crippen molar-refractivity contribution in [2.45, 2.75) is 51.2 Å². The summed E-state index contributed by atoms with van der Waals surface area (Å²) in [6, 6.07) is 11.7. The van der Waals surface area contributed by atoms with Crippen LogP contribution in [0.25, 0.3) is 11.4 Å². The van der Waals surface area contributed by atoms with Gasteiger partial charge in [0.1, 0.15) is 18.3 Å². The van der Waals surface area contributed by atoms with Crippen molar-refractivity contribution in [3.63, 3.8) is 0 Å². The molecule has 2 amide bonds. The van der Waals surface area contributed by atoms with E-state index in [1.165, 1.54) is 9.70 Å². The summed E-state index contributed by atoms with van der Waals surface area (Å²) in [6.45, 7) is 1.50. The van der Waals surface area contributed by atoms with E-state index in [1.807, 2.05) is 0 Å². The minimum atomic E-state index is -0.756. The minimum absolute atomic E-state index is 0.137. The number of methoxy groups -OCH3 is 3. The first-order valence-electron chi connectivity index (χ1n) is 12.2. The highest BCUT2D eigenvalue weighted by molar-refractivity contribution is 6.00. The molecule has 1 aromatic heterocycles. The average Bonchev–Trinajstić information content (AvgIpc) is 3.60. The van der Waals surface area contributed by atoms with Crippen molar-refractivity contribution in [3.8, 4) is 28.6 Å². The van der Waals surface area contributed by atoms with Gasteiger partial charge in [0.25, 0.3) is 5.91 Å². The third-order valence-corrected chi connectivity index (χ3v) is 6.44. The number of carbonyl (C=O) groups is 2. The van der Waals surface area contributed by atoms with Gasteiger partial charge in [0.05, 0.1) is 21.3 Å². The fourth-order valence-electron chi connectivity index (χ4n) is 4.45. The number of carbonyl (C=O) groups excluding carboxylic acids is 2. The molecule has 0 saturated heterocycles. The number of hydrogen-bond donors (Lipinski definition) is 1. The predicted molar refractivity (Wildman–Crippen MR) is 137 cm³/mol. The van der Waals surface area contributed by atoms with Crippen molar-refractivity contribution < 1.29 is 23.8 Å². The Morgan fingerprint density at radius 2 is 1.81 bits per heavy atom. The van der Waals surface area contributed by atoms with Crippen molar-refractivity contribution in [1.82, 2.24) is 25.5 Å². The van der Waals surface area contributed by atoms with Crippen LogP contribution in [0.4, 0.5) is 5.69 Å². The van der Waals surface area contributed by atoms with Crippen LogP contribution in [0.2, 0.25) is 0 Å². The Balaban J connectivity index is 1.56. The molecule has 2 aromatic carbocycles. The van der Waals surface area contributed by atoms with Crippen LogP contribution in [0.5, 0.6) is 17.2 Å². The summed E-state index contributed by atoms with van der Waals surface area (Å²) in [4.78, 5) is 29.3. The number of ether oxygens (including phenoxy) is 3. The molecule has 37 heavy (non-hydrogen) atoms. The fraction of sp³-hybridized carbons (Fsp3) is 0.423. The maximum Gasteiger partial charge on any atom is 0.251 e. The highest BCUT2D eigenvalue weighted by Gasteiger charge is 2.30. The lowest BCUT2D eigenvalue weighted by atomic mass is 10.1. The van der Waals surface area contributed by atoms with Crippen LogP contribution in [-0.2, 0) is 16.1 Å². The largest absolute Gasteiger partial charge is 0.497 e. The second-order valence-electron chi connectivity index (χ2n) is 8.84. The Hall–Kier alpha value is -4.15. The van der Waals surface area contributed by atoms with E-state index in [0.717, 1.165) is 25.7 Å². The summed E-state index contributed by atoms with van der Waals surface area (Å²) in [7, 11) is 4.65. The van der Waals surface area contributed by atoms with Crippen LogP contribution >= 0.6 is 0 Å². The second kappa shape index (κ2) is 11.7. The van der Waals surface area contributed by atoms with Gasteiger partial charge in [-0.05, 0) is 55.3 Å². The molecule has 1 heterocycles. The molecular weight excluding hydrogens is 476 g/mol. The summed E-state index contributed by atoms with van der Waals surface area (Å²) >= 11 is 0. The molecule has 0 spiro atoms. The number of benzene rings is 2. The zero-order chi connectivity index (χ0) is 26.4. The number of aromatic nitrogens is 4. The van der Waals surface area contributed by atoms with Crippen molar-refractivity contribution in [2.24, 2.45) is 0 Å². The van der Waals surface area contributed by atoms with Crippen LogP contribution in [0.15, 0.2) is 42.5 Å². The van der Waals surface area contributed by atoms with Gasteiger partial charge in [-0.2, -0.15) is 4.80 Å². The van der Waals surface area contributed by atoms with Crippen molar-refractivity contribution in [2.75, 3.05) is 26.2 Å². The van der Waals surface area contributed by atoms with Gasteiger partial charge in [0.15, 0.2) is 11.5 Å². The molecule has 0 aliphatic heterocycles. The van der Waals surface area contributed by atoms with E-state index in [-0.39, 0.29) is 24.4 Å². The van der Waals surface area contributed by atoms with E-state index in [0.29, 0.717) is 34.3 Å². The van der Waals surface area contributed by atoms with Gasteiger partial charge in [-0.3, -0.25) is 14.5 Å². The van der Waals surface area contributed by atoms with Gasteiger partial charge in [0, 0.05) is 23.4 Å². The van der Waals surface area contributed by atoms with E-state index in [1.54, 1.807) is 70.7 Å². The summed E-state index contributed by atoms with van der Waals surface area (Å²) in [5.74, 6) is 1.44. The first-order chi connectivity index (χ1) is 17.9. The lowest BCUT2D eigenvalue weighted by molar-refractivity contribution is -0.127. The number of tetrazole rings is 1. The SMILES string of the molecule is COc1cccc(N(C(=O)Cn2nnc(-c3ccc(OC)c(OC)c3)n2)C(C)C(=O)NC2CCCC2)c1. The van der Waals surface area contributed by atoms with Crippen molar-refractivity contribution in [3.05, 3.63) is 42.5 Å². The molecule has 1 unspecified atom stereocenters. The van der Waals surface area contributed by atoms with Crippen LogP contribution in [0.3, 0.4) is 0 Å². The summed E-state index contributed by atoms with van der Waals surface area (Å²) in [5, 5.41) is 15.6. The zero-order valence-corrected chi connectivity index (χ0v) is 21.5. The van der Waals surface area contributed by atoms with Gasteiger partial charge in [-0.25, -0.2) is 0 Å². The normalized spacial score (nSPS) is 14.2. The summed E-state index contributed by atoms with van der Waals surface area (Å²) in [6.07, 6.45) is 4.09. The Morgan fingerprint density at radius 3 is 2.51 bits per heavy atom. The number of anilines is 1. The third-order valence-electron chi connectivity index (χ3n) is 6.44. The molecule has 4 rings (SSSR count). The molecule has 0 bridgehead atoms. The number of nitrogens with zero attached hydrogens (tertiary/aromatic N) is 5. The Kier molecular flexibility index (Phi) is 8.22. The van der Waals surface area contributed by atoms with Crippen molar-refractivity contribution >= 4 is 17.5 Å². The monoisotopic (exact) mass is 508 g/mol. The van der Waals surface area contributed by atoms with Gasteiger partial charge < -0.3 is 19.5 Å². The van der Waals surface area contributed by atoms with E-state index < -0.39 is 6.04 Å². The molecule has 1 atom stereocenters. The first-order valence-corrected chi connectivity index (χ1v) is 12.2. The van der Waals surface area contributed by atoms with Gasteiger partial charge >= 0.3 is 0 Å². The minimum Gasteiger partial charge on any atom is -0.497 e. The van der Waals surface area contributed by atoms with E-state index in [4.69, 9.17) is 14.2 Å². The molecule has 1 saturated carbocycles. The number of nitrogens with one attached hydrogen (secondary N) is 1. The molecule has 0 radical (unpaired) electrons. The molecule has 1 N–H and O–H groups in total. The van der Waals surface area contributed by atoms with Crippen LogP contribution < -0.4 is 24.4 Å². The maximum atomic E-state index is 13.6. The van der Waals surface area contributed by atoms with E-state index >= 15 is 0 Å². The quantitative estimate of drug-likeness (QED) is 0.444. The second-order valence-corrected chi connectivity index (χ2v) is 8.84. The smallest absolute Gasteiger partial charge is 0.251 e. The molecule has 1 aliphatic carbocycles. The predicted octanol–water partition coefficient (Wildman–Crippen LogP) is 2.85. The highest BCUT2D eigenvalue weighted by Crippen LogP contribution is 2.31. The zero-order valence-electron chi connectivity index (χ0n) is 21.5. The lowest BCUT2D eigenvalue weighted by Crippen LogP contribution is -2.51. The van der Waals surface area contributed by atoms with E-state index in [9.17, 15) is 9.59 Å². The van der Waals surface area contributed by atoms with Crippen LogP contribution in [0, 0.1) is 0 Å². The van der Waals surface area contributed by atoms with Crippen molar-refractivity contribution in [1.29, 1.82) is 0 Å². The number of hydrogen-bond acceptors (Lipinski definition) is 8. The third kappa shape index (κ3) is 5.99. The first kappa shape index (κ1) is 25.9. The molecule has 11 heteroatoms. The highest BCUT2D eigenvalue weighted by atomic mass is 16.5. The molecular formula is C26H32N6O5. The Bertz CT molecular complexity index is 1240. The fourth-order valence-corrected chi connectivity index (χ4v) is 4.45. The van der Waals surface area contributed by atoms with Gasteiger partial charge in [-0.15, -0.1) is 10.2 Å². The Morgan fingerprint density at radius 1 is 1.05 bits per heavy atom. The average molecular weight is 509 g/mol. The molecule has 11 nitrogen and oxygen atoms in total. The molecule has 3 aromatic rings. The number of rotatable bonds is 10. The maximum absolute atomic E-state index is 13.6. The van der Waals surface area contributed by atoms with Crippen LogP contribution in [-0.4, -0.2) is 65.4 Å². The standard InChI is InChI=1S/C26H32N6O5/c1-17(26(34)27-19-8-5-6-9-19)32(20-10-7-11-21(15-20)35-2)24(33)16-31-29-25(28-30-31)18-12-13-22(36-3)23(14-18)37-4/h7,10-15,17,19H,5-6,8-9,16H2,1-4H3,(H,27,34). The summed E-state index contributed by atoms with van der Waals surface area (Å²) < 4.78 is 16.0. The van der Waals surface area contributed by atoms with E-state index in [2.05, 4.69) is 20.7 Å².